The van der Waals surface area contributed by atoms with Gasteiger partial charge in [-0.2, -0.15) is 4.68 Å². The zero-order chi connectivity index (χ0) is 21.9. The second-order valence-electron chi connectivity index (χ2n) is 7.76. The first-order chi connectivity index (χ1) is 15.7. The number of anilines is 1. The van der Waals surface area contributed by atoms with Crippen LogP contribution in [0.4, 0.5) is 5.82 Å². The van der Waals surface area contributed by atoms with Crippen molar-refractivity contribution in [2.24, 2.45) is 0 Å². The van der Waals surface area contributed by atoms with E-state index in [4.69, 9.17) is 0 Å². The average molecular weight is 425 g/mol. The van der Waals surface area contributed by atoms with E-state index < -0.39 is 0 Å². The maximum atomic E-state index is 12.6. The number of nitrogens with zero attached hydrogens (tertiary/aromatic N) is 7. The van der Waals surface area contributed by atoms with Gasteiger partial charge in [-0.15, -0.1) is 5.10 Å². The number of benzene rings is 2. The minimum absolute atomic E-state index is 0.0200. The van der Waals surface area contributed by atoms with E-state index >= 15 is 0 Å². The highest BCUT2D eigenvalue weighted by atomic mass is 16.2. The smallest absolute Gasteiger partial charge is 0.246 e. The lowest BCUT2D eigenvalue weighted by Gasteiger charge is -2.34. The summed E-state index contributed by atoms with van der Waals surface area (Å²) in [5.41, 5.74) is 4.43. The molecule has 0 atom stereocenters. The van der Waals surface area contributed by atoms with Gasteiger partial charge < -0.3 is 9.80 Å². The molecule has 5 rings (SSSR count). The van der Waals surface area contributed by atoms with Crippen LogP contribution >= 0.6 is 0 Å². The van der Waals surface area contributed by atoms with Gasteiger partial charge in [-0.3, -0.25) is 4.79 Å². The highest BCUT2D eigenvalue weighted by Crippen LogP contribution is 2.23. The van der Waals surface area contributed by atoms with E-state index in [0.29, 0.717) is 37.3 Å². The molecule has 1 saturated heterocycles. The summed E-state index contributed by atoms with van der Waals surface area (Å²) in [6, 6.07) is 17.9. The fourth-order valence-corrected chi connectivity index (χ4v) is 3.80. The van der Waals surface area contributed by atoms with Crippen LogP contribution in [-0.4, -0.2) is 61.9 Å². The Morgan fingerprint density at radius 1 is 0.938 bits per heavy atom. The minimum atomic E-state index is 0.0200. The number of carbonyl (C=O) groups is 1. The summed E-state index contributed by atoms with van der Waals surface area (Å²) in [7, 11) is 0. The monoisotopic (exact) mass is 425 g/mol. The van der Waals surface area contributed by atoms with E-state index in [0.717, 1.165) is 17.1 Å². The van der Waals surface area contributed by atoms with Crippen LogP contribution in [-0.2, 0) is 4.79 Å². The molecule has 0 unspecified atom stereocenters. The first-order valence-electron chi connectivity index (χ1n) is 10.6. The summed E-state index contributed by atoms with van der Waals surface area (Å²) in [5, 5.41) is 8.68. The van der Waals surface area contributed by atoms with Crippen molar-refractivity contribution in [2.45, 2.75) is 6.92 Å². The Kier molecular flexibility index (Phi) is 5.33. The molecule has 32 heavy (non-hydrogen) atoms. The van der Waals surface area contributed by atoms with E-state index in [9.17, 15) is 4.79 Å². The molecular weight excluding hydrogens is 402 g/mol. The predicted octanol–water partition coefficient (Wildman–Crippen LogP) is 2.88. The van der Waals surface area contributed by atoms with Gasteiger partial charge in [0.2, 0.25) is 5.91 Å². The second kappa shape index (κ2) is 8.58. The first kappa shape index (κ1) is 19.9. The lowest BCUT2D eigenvalue weighted by Crippen LogP contribution is -2.48. The molecule has 1 fully saturated rings. The van der Waals surface area contributed by atoms with Crippen molar-refractivity contribution >= 4 is 29.0 Å². The average Bonchev–Trinajstić information content (AvgIpc) is 3.28. The van der Waals surface area contributed by atoms with Crippen LogP contribution in [0.3, 0.4) is 0 Å². The zero-order valence-electron chi connectivity index (χ0n) is 17.8. The maximum absolute atomic E-state index is 12.6. The van der Waals surface area contributed by atoms with Crippen LogP contribution in [0.2, 0.25) is 0 Å². The van der Waals surface area contributed by atoms with Crippen molar-refractivity contribution in [2.75, 3.05) is 31.1 Å². The standard InChI is InChI=1S/C24H23N7O/c1-18-7-10-20(11-8-18)31-24-22(27-28-31)23(25-17-26-24)30-15-13-29(14-16-30)21(32)12-9-19-5-3-2-4-6-19/h2-12,17H,13-16H2,1H3. The number of hydrogen-bond acceptors (Lipinski definition) is 6. The number of amides is 1. The summed E-state index contributed by atoms with van der Waals surface area (Å²) in [4.78, 5) is 25.5. The number of aryl methyl sites for hydroxylation is 1. The van der Waals surface area contributed by atoms with Gasteiger partial charge in [-0.25, -0.2) is 9.97 Å². The minimum Gasteiger partial charge on any atom is -0.351 e. The van der Waals surface area contributed by atoms with Crippen LogP contribution < -0.4 is 4.90 Å². The lowest BCUT2D eigenvalue weighted by atomic mass is 10.2. The Balaban J connectivity index is 1.30. The molecule has 8 nitrogen and oxygen atoms in total. The zero-order valence-corrected chi connectivity index (χ0v) is 17.8. The van der Waals surface area contributed by atoms with E-state index in [1.54, 1.807) is 17.1 Å². The van der Waals surface area contributed by atoms with Crippen LogP contribution in [0.1, 0.15) is 11.1 Å². The molecule has 160 valence electrons. The first-order valence-corrected chi connectivity index (χ1v) is 10.6. The molecule has 3 heterocycles. The molecule has 0 saturated carbocycles. The number of fused-ring (bicyclic) bond motifs is 1. The van der Waals surface area contributed by atoms with Crippen molar-refractivity contribution in [3.8, 4) is 5.69 Å². The van der Waals surface area contributed by atoms with Crippen molar-refractivity contribution in [1.82, 2.24) is 29.9 Å². The number of rotatable bonds is 4. The Bertz CT molecular complexity index is 1260. The van der Waals surface area contributed by atoms with E-state index in [1.807, 2.05) is 72.5 Å². The van der Waals surface area contributed by atoms with Gasteiger partial charge in [-0.1, -0.05) is 53.2 Å². The SMILES string of the molecule is Cc1ccc(-n2nnc3c(N4CCN(C(=O)C=Cc5ccccc5)CC4)ncnc32)cc1. The van der Waals surface area contributed by atoms with E-state index in [1.165, 1.54) is 5.56 Å². The summed E-state index contributed by atoms with van der Waals surface area (Å²) in [6.45, 7) is 4.64. The molecule has 1 aliphatic rings. The lowest BCUT2D eigenvalue weighted by molar-refractivity contribution is -0.126. The predicted molar refractivity (Wildman–Crippen MR) is 123 cm³/mol. The molecule has 1 amide bonds. The fourth-order valence-electron chi connectivity index (χ4n) is 3.80. The second-order valence-corrected chi connectivity index (χ2v) is 7.76. The molecule has 0 bridgehead atoms. The normalized spacial score (nSPS) is 14.4. The highest BCUT2D eigenvalue weighted by Gasteiger charge is 2.24. The molecule has 1 aliphatic heterocycles. The molecule has 0 radical (unpaired) electrons. The van der Waals surface area contributed by atoms with Crippen molar-refractivity contribution < 1.29 is 4.79 Å². The molecule has 8 heteroatoms. The van der Waals surface area contributed by atoms with Gasteiger partial charge in [0.15, 0.2) is 17.0 Å². The molecule has 2 aromatic carbocycles. The van der Waals surface area contributed by atoms with Crippen molar-refractivity contribution in [1.29, 1.82) is 0 Å². The Hall–Kier alpha value is -4.07. The molecule has 0 spiro atoms. The third-order valence-electron chi connectivity index (χ3n) is 5.61. The van der Waals surface area contributed by atoms with Crippen LogP contribution in [0.15, 0.2) is 67.0 Å². The largest absolute Gasteiger partial charge is 0.351 e. The number of piperazine rings is 1. The maximum Gasteiger partial charge on any atom is 0.246 e. The molecule has 0 aliphatic carbocycles. The quantitative estimate of drug-likeness (QED) is 0.468. The summed E-state index contributed by atoms with van der Waals surface area (Å²) >= 11 is 0. The molecule has 4 aromatic rings. The van der Waals surface area contributed by atoms with Gasteiger partial charge in [0, 0.05) is 32.3 Å². The Morgan fingerprint density at radius 3 is 2.44 bits per heavy atom. The van der Waals surface area contributed by atoms with Crippen LogP contribution in [0.25, 0.3) is 22.9 Å². The third kappa shape index (κ3) is 3.94. The van der Waals surface area contributed by atoms with Crippen molar-refractivity contribution in [3.05, 3.63) is 78.1 Å². The Labute approximate surface area is 185 Å². The molecule has 2 aromatic heterocycles. The topological polar surface area (TPSA) is 80.0 Å². The van der Waals surface area contributed by atoms with E-state index in [2.05, 4.69) is 25.2 Å². The summed E-state index contributed by atoms with van der Waals surface area (Å²) < 4.78 is 1.73. The number of aromatic nitrogens is 5. The van der Waals surface area contributed by atoms with Crippen LogP contribution in [0, 0.1) is 6.92 Å². The number of hydrogen-bond donors (Lipinski definition) is 0. The Morgan fingerprint density at radius 2 is 1.69 bits per heavy atom. The van der Waals surface area contributed by atoms with Crippen molar-refractivity contribution in [3.63, 3.8) is 0 Å². The number of carbonyl (C=O) groups excluding carboxylic acids is 1. The van der Waals surface area contributed by atoms with Crippen LogP contribution in [0.5, 0.6) is 0 Å². The van der Waals surface area contributed by atoms with Gasteiger partial charge in [0.05, 0.1) is 5.69 Å². The van der Waals surface area contributed by atoms with Gasteiger partial charge in [-0.05, 0) is 30.7 Å². The summed E-state index contributed by atoms with van der Waals surface area (Å²) in [5.74, 6) is 0.770. The van der Waals surface area contributed by atoms with E-state index in [-0.39, 0.29) is 5.91 Å². The summed E-state index contributed by atoms with van der Waals surface area (Å²) in [6.07, 6.45) is 5.04. The molecule has 0 N–H and O–H groups in total. The molecular formula is C24H23N7O. The highest BCUT2D eigenvalue weighted by molar-refractivity contribution is 5.92. The fraction of sp³-hybridized carbons (Fsp3) is 0.208. The van der Waals surface area contributed by atoms with Gasteiger partial charge in [0.1, 0.15) is 6.33 Å². The third-order valence-corrected chi connectivity index (χ3v) is 5.61. The van der Waals surface area contributed by atoms with Gasteiger partial charge >= 0.3 is 0 Å². The van der Waals surface area contributed by atoms with Gasteiger partial charge in [0.25, 0.3) is 0 Å².